The van der Waals surface area contributed by atoms with Crippen molar-refractivity contribution in [3.8, 4) is 5.75 Å². The second kappa shape index (κ2) is 10.7. The van der Waals surface area contributed by atoms with Gasteiger partial charge in [-0.2, -0.15) is 18.3 Å². The summed E-state index contributed by atoms with van der Waals surface area (Å²) >= 11 is 0. The first kappa shape index (κ1) is 25.5. The topological polar surface area (TPSA) is 108 Å². The molecule has 2 aliphatic rings. The third-order valence-corrected chi connectivity index (χ3v) is 6.77. The van der Waals surface area contributed by atoms with Crippen LogP contribution in [-0.2, 0) is 6.18 Å². The number of hydrogen-bond acceptors (Lipinski definition) is 8. The summed E-state index contributed by atoms with van der Waals surface area (Å²) in [6.45, 7) is 2.77. The summed E-state index contributed by atoms with van der Waals surface area (Å²) in [5.41, 5.74) is -2.31. The van der Waals surface area contributed by atoms with Crippen molar-refractivity contribution in [3.63, 3.8) is 0 Å². The standard InChI is InChI=1S/C25H26F3N7O3/c26-25(27,28)22-20(14-31-32-23(22)36)35-8-2-4-18(35)16-38-19-5-1-3-17(13-19)24(37)34-11-9-33(10-12-34)21-15-29-6-7-30-21/h1,3,5-7,13-15,18H,2,4,8-12,16H2,(H,32,36). The van der Waals surface area contributed by atoms with Crippen LogP contribution in [0, 0.1) is 0 Å². The molecule has 10 nitrogen and oxygen atoms in total. The van der Waals surface area contributed by atoms with Gasteiger partial charge in [-0.3, -0.25) is 14.6 Å². The van der Waals surface area contributed by atoms with Gasteiger partial charge in [0.25, 0.3) is 11.5 Å². The van der Waals surface area contributed by atoms with Gasteiger partial charge in [0.1, 0.15) is 23.7 Å². The summed E-state index contributed by atoms with van der Waals surface area (Å²) in [4.78, 5) is 38.8. The summed E-state index contributed by atoms with van der Waals surface area (Å²) < 4.78 is 46.6. The number of rotatable bonds is 6. The highest BCUT2D eigenvalue weighted by Crippen LogP contribution is 2.36. The molecule has 1 N–H and O–H groups in total. The zero-order valence-corrected chi connectivity index (χ0v) is 20.4. The van der Waals surface area contributed by atoms with Gasteiger partial charge in [-0.05, 0) is 31.0 Å². The zero-order valence-electron chi connectivity index (χ0n) is 20.4. The Morgan fingerprint density at radius 1 is 1.11 bits per heavy atom. The van der Waals surface area contributed by atoms with E-state index in [4.69, 9.17) is 4.74 Å². The van der Waals surface area contributed by atoms with Gasteiger partial charge in [0.05, 0.1) is 24.1 Å². The number of alkyl halides is 3. The number of nitrogens with one attached hydrogen (secondary N) is 1. The molecule has 1 unspecified atom stereocenters. The summed E-state index contributed by atoms with van der Waals surface area (Å²) in [5, 5.41) is 5.45. The van der Waals surface area contributed by atoms with Crippen LogP contribution in [0.5, 0.6) is 5.75 Å². The monoisotopic (exact) mass is 529 g/mol. The van der Waals surface area contributed by atoms with E-state index < -0.39 is 17.3 Å². The van der Waals surface area contributed by atoms with E-state index in [0.717, 1.165) is 12.0 Å². The highest BCUT2D eigenvalue weighted by atomic mass is 19.4. The number of H-pyrrole nitrogens is 1. The number of ether oxygens (including phenoxy) is 1. The van der Waals surface area contributed by atoms with Gasteiger partial charge in [-0.25, -0.2) is 10.1 Å². The molecule has 0 spiro atoms. The molecule has 4 heterocycles. The van der Waals surface area contributed by atoms with Crippen LogP contribution in [0.1, 0.15) is 28.8 Å². The number of halogens is 3. The molecule has 200 valence electrons. The molecule has 5 rings (SSSR count). The first-order chi connectivity index (χ1) is 18.3. The maximum Gasteiger partial charge on any atom is 0.423 e. The fraction of sp³-hybridized carbons (Fsp3) is 0.400. The van der Waals surface area contributed by atoms with Gasteiger partial charge < -0.3 is 19.4 Å². The highest BCUT2D eigenvalue weighted by molar-refractivity contribution is 5.94. The minimum absolute atomic E-state index is 0.0958. The largest absolute Gasteiger partial charge is 0.491 e. The lowest BCUT2D eigenvalue weighted by molar-refractivity contribution is -0.138. The molecular weight excluding hydrogens is 503 g/mol. The Kier molecular flexibility index (Phi) is 7.16. The highest BCUT2D eigenvalue weighted by Gasteiger charge is 2.40. The number of amides is 1. The summed E-state index contributed by atoms with van der Waals surface area (Å²) in [7, 11) is 0. The van der Waals surface area contributed by atoms with Crippen molar-refractivity contribution in [3.05, 3.63) is 70.5 Å². The predicted octanol–water partition coefficient (Wildman–Crippen LogP) is 2.59. The molecule has 0 saturated carbocycles. The summed E-state index contributed by atoms with van der Waals surface area (Å²) in [6, 6.07) is 6.40. The van der Waals surface area contributed by atoms with Gasteiger partial charge in [0, 0.05) is 50.7 Å². The maximum absolute atomic E-state index is 13.6. The lowest BCUT2D eigenvalue weighted by atomic mass is 10.1. The van der Waals surface area contributed by atoms with Gasteiger partial charge in [-0.15, -0.1) is 0 Å². The number of benzene rings is 1. The van der Waals surface area contributed by atoms with E-state index in [-0.39, 0.29) is 24.2 Å². The molecule has 0 bridgehead atoms. The third-order valence-electron chi connectivity index (χ3n) is 6.77. The molecule has 1 aromatic carbocycles. The zero-order chi connectivity index (χ0) is 26.7. The molecule has 3 aromatic rings. The van der Waals surface area contributed by atoms with Crippen molar-refractivity contribution in [2.75, 3.05) is 49.1 Å². The van der Waals surface area contributed by atoms with Crippen LogP contribution < -0.4 is 20.1 Å². The van der Waals surface area contributed by atoms with E-state index in [1.807, 2.05) is 5.10 Å². The quantitative estimate of drug-likeness (QED) is 0.519. The lowest BCUT2D eigenvalue weighted by Gasteiger charge is -2.35. The van der Waals surface area contributed by atoms with E-state index in [2.05, 4.69) is 20.0 Å². The average molecular weight is 530 g/mol. The number of nitrogens with zero attached hydrogens (tertiary/aromatic N) is 6. The van der Waals surface area contributed by atoms with Crippen LogP contribution in [0.2, 0.25) is 0 Å². The van der Waals surface area contributed by atoms with Crippen molar-refractivity contribution < 1.29 is 22.7 Å². The molecule has 38 heavy (non-hydrogen) atoms. The van der Waals surface area contributed by atoms with Crippen LogP contribution in [0.3, 0.4) is 0 Å². The Morgan fingerprint density at radius 3 is 2.66 bits per heavy atom. The molecule has 2 saturated heterocycles. The molecule has 1 atom stereocenters. The van der Waals surface area contributed by atoms with E-state index in [0.29, 0.717) is 56.9 Å². The second-order valence-electron chi connectivity index (χ2n) is 9.13. The van der Waals surface area contributed by atoms with E-state index in [9.17, 15) is 22.8 Å². The number of piperazine rings is 1. The van der Waals surface area contributed by atoms with Crippen LogP contribution in [0.25, 0.3) is 0 Å². The van der Waals surface area contributed by atoms with E-state index >= 15 is 0 Å². The Balaban J connectivity index is 1.22. The number of carbonyl (C=O) groups is 1. The van der Waals surface area contributed by atoms with E-state index in [1.54, 1.807) is 47.8 Å². The van der Waals surface area contributed by atoms with Crippen LogP contribution >= 0.6 is 0 Å². The average Bonchev–Trinajstić information content (AvgIpc) is 3.40. The Labute approximate surface area is 216 Å². The predicted molar refractivity (Wildman–Crippen MR) is 132 cm³/mol. The molecule has 2 aromatic heterocycles. The van der Waals surface area contributed by atoms with Crippen LogP contribution in [0.15, 0.2) is 53.8 Å². The molecule has 0 aliphatic carbocycles. The second-order valence-corrected chi connectivity index (χ2v) is 9.13. The maximum atomic E-state index is 13.6. The van der Waals surface area contributed by atoms with Gasteiger partial charge in [0.15, 0.2) is 0 Å². The fourth-order valence-corrected chi connectivity index (χ4v) is 4.89. The fourth-order valence-electron chi connectivity index (χ4n) is 4.89. The van der Waals surface area contributed by atoms with Crippen LogP contribution in [0.4, 0.5) is 24.7 Å². The van der Waals surface area contributed by atoms with Gasteiger partial charge >= 0.3 is 6.18 Å². The molecule has 13 heteroatoms. The van der Waals surface area contributed by atoms with Crippen LogP contribution in [-0.4, -0.2) is 76.3 Å². The number of aromatic nitrogens is 4. The normalized spacial score (nSPS) is 18.1. The number of carbonyl (C=O) groups excluding carboxylic acids is 1. The minimum Gasteiger partial charge on any atom is -0.491 e. The lowest BCUT2D eigenvalue weighted by Crippen LogP contribution is -2.49. The molecule has 2 aliphatic heterocycles. The van der Waals surface area contributed by atoms with Crippen molar-refractivity contribution in [2.45, 2.75) is 25.1 Å². The van der Waals surface area contributed by atoms with Crippen molar-refractivity contribution >= 4 is 17.4 Å². The third kappa shape index (κ3) is 5.41. The van der Waals surface area contributed by atoms with Crippen molar-refractivity contribution in [2.24, 2.45) is 0 Å². The Morgan fingerprint density at radius 2 is 1.92 bits per heavy atom. The summed E-state index contributed by atoms with van der Waals surface area (Å²) in [6.07, 6.45) is 2.41. The number of aromatic amines is 1. The van der Waals surface area contributed by atoms with Crippen molar-refractivity contribution in [1.29, 1.82) is 0 Å². The number of anilines is 2. The van der Waals surface area contributed by atoms with E-state index in [1.165, 1.54) is 4.90 Å². The Bertz CT molecular complexity index is 1330. The first-order valence-corrected chi connectivity index (χ1v) is 12.3. The molecular formula is C25H26F3N7O3. The Hall–Kier alpha value is -4.16. The smallest absolute Gasteiger partial charge is 0.423 e. The molecule has 2 fully saturated rings. The molecule has 0 radical (unpaired) electrons. The summed E-state index contributed by atoms with van der Waals surface area (Å²) in [5.74, 6) is 1.09. The first-order valence-electron chi connectivity index (χ1n) is 12.3. The van der Waals surface area contributed by atoms with Gasteiger partial charge in [0.2, 0.25) is 0 Å². The minimum atomic E-state index is -4.81. The number of hydrogen-bond donors (Lipinski definition) is 1. The van der Waals surface area contributed by atoms with Crippen molar-refractivity contribution in [1.82, 2.24) is 25.1 Å². The van der Waals surface area contributed by atoms with Gasteiger partial charge in [-0.1, -0.05) is 6.07 Å². The molecule has 1 amide bonds. The SMILES string of the molecule is O=C(c1cccc(OCC2CCCN2c2cn[nH]c(=O)c2C(F)(F)F)c1)N1CCN(c2cnccn2)CC1.